The number of allylic oxidation sites excluding steroid dienone is 4. The molecule has 0 saturated carbocycles. The minimum absolute atomic E-state index is 0.00385. The Kier molecular flexibility index (Phi) is 25.3. The van der Waals surface area contributed by atoms with Gasteiger partial charge in [0.1, 0.15) is 10.6 Å². The van der Waals surface area contributed by atoms with Crippen LogP contribution in [0.25, 0.3) is 50.1 Å². The average molecular weight is 1540 g/mol. The van der Waals surface area contributed by atoms with Crippen molar-refractivity contribution >= 4 is 117 Å². The van der Waals surface area contributed by atoms with Crippen molar-refractivity contribution in [2.75, 3.05) is 147 Å². The maximum atomic E-state index is 13.1. The Morgan fingerprint density at radius 3 is 1.57 bits per heavy atom. The quantitative estimate of drug-likeness (QED) is 0.0276. The summed E-state index contributed by atoms with van der Waals surface area (Å²) in [5.41, 5.74) is 34.9. The number of nitrogens with zero attached hydrogens (tertiary/aromatic N) is 9. The fourth-order valence-corrected chi connectivity index (χ4v) is 16.4. The highest BCUT2D eigenvalue weighted by Crippen LogP contribution is 2.34. The van der Waals surface area contributed by atoms with Gasteiger partial charge in [-0.2, -0.15) is 0 Å². The standard InChI is InChI=1S/C26H25N5O.C21H23N3OS.C20H21N5OS.C19H20N4O2S/c27-24-4-2-19(18-5-7-28-8-6-18)13-21(24)15-26(32)22-14-20-1-3-23(16-25(20)30-17-22)31-11-9-29-10-12-31;22-18-6-5-16(15-3-1-2-4-15)13-17(18)14-19(25)20-7-8-21(26-20)24-11-9-23-10-12-24;21-17-2-1-15(14-3-5-22-6-4-14)11-16(17)12-18(26)19-13-24-20(27-19)25-9-7-23-8-10-25;1-13-4-5-14(16-3-2-10-25-16)11-15(13)22-18(24)17-12-21-19(26-17)23-8-6-20-7-9-23/h1-8,13-14,16-17,29H,9-12,15,27H2;1-3,5-8,13,23H,4,9-12,14,22H2;1-6,11,13,23H,7-10,12,21H2;2-5,10-12,20H,6-9H2,1H3,(H,22,24). The van der Waals surface area contributed by atoms with Gasteiger partial charge in [0.2, 0.25) is 0 Å². The van der Waals surface area contributed by atoms with Gasteiger partial charge in [-0.25, -0.2) is 9.97 Å². The first-order valence-corrected chi connectivity index (χ1v) is 39.9. The van der Waals surface area contributed by atoms with Crippen LogP contribution in [-0.2, 0) is 19.3 Å². The lowest BCUT2D eigenvalue weighted by atomic mass is 9.97. The summed E-state index contributed by atoms with van der Waals surface area (Å²) >= 11 is 4.48. The van der Waals surface area contributed by atoms with Crippen molar-refractivity contribution in [3.63, 3.8) is 0 Å². The third kappa shape index (κ3) is 19.7. The Labute approximate surface area is 657 Å². The van der Waals surface area contributed by atoms with E-state index in [2.05, 4.69) is 120 Å². The molecule has 4 aliphatic heterocycles. The normalized spacial score (nSPS) is 14.8. The van der Waals surface area contributed by atoms with Gasteiger partial charge in [-0.05, 0) is 178 Å². The van der Waals surface area contributed by atoms with Gasteiger partial charge in [0.25, 0.3) is 5.91 Å². The molecule has 0 bridgehead atoms. The third-order valence-corrected chi connectivity index (χ3v) is 23.3. The van der Waals surface area contributed by atoms with Crippen molar-refractivity contribution in [2.24, 2.45) is 0 Å². The zero-order chi connectivity index (χ0) is 76.4. The summed E-state index contributed by atoms with van der Waals surface area (Å²) in [6.45, 7) is 17.4. The van der Waals surface area contributed by atoms with E-state index in [0.717, 1.165) is 204 Å². The van der Waals surface area contributed by atoms with E-state index in [1.165, 1.54) is 38.9 Å². The van der Waals surface area contributed by atoms with Gasteiger partial charge in [-0.15, -0.1) is 11.3 Å². The molecule has 22 nitrogen and oxygen atoms in total. The second kappa shape index (κ2) is 36.8. The van der Waals surface area contributed by atoms with Crippen LogP contribution >= 0.6 is 34.0 Å². The number of rotatable bonds is 19. The van der Waals surface area contributed by atoms with Crippen LogP contribution in [0.15, 0.2) is 218 Å². The Bertz CT molecular complexity index is 5270. The smallest absolute Gasteiger partial charge is 0.267 e. The SMILES string of the molecule is Cc1ccc(-c2ccco2)cc1NC(=O)c1cnc(N2CCNCC2)s1.Nc1ccc(-c2ccncc2)cc1CC(=O)c1cnc(N2CCNCC2)s1.Nc1ccc(-c2ccncc2)cc1CC(=O)c1cnc2cc(N3CCNCC3)ccc2c1.Nc1ccc(C2=CC=CC2)cc1CC(=O)c1ccc(N2CCNCC2)s1. The number of hydrogen-bond acceptors (Lipinski definition) is 24. The van der Waals surface area contributed by atoms with E-state index >= 15 is 0 Å². The van der Waals surface area contributed by atoms with Crippen molar-refractivity contribution in [2.45, 2.75) is 32.6 Å². The molecule has 7 aromatic heterocycles. The molecule has 0 radical (unpaired) electrons. The number of benzene rings is 5. The van der Waals surface area contributed by atoms with Crippen LogP contribution in [0.3, 0.4) is 0 Å². The molecule has 11 heterocycles. The lowest BCUT2D eigenvalue weighted by molar-refractivity contribution is 0.0986. The third-order valence-electron chi connectivity index (χ3n) is 20.0. The van der Waals surface area contributed by atoms with Crippen LogP contribution in [0.1, 0.15) is 73.6 Å². The number of anilines is 8. The number of aryl methyl sites for hydroxylation is 1. The molecule has 111 heavy (non-hydrogen) atoms. The summed E-state index contributed by atoms with van der Waals surface area (Å²) in [5, 5.41) is 20.3. The summed E-state index contributed by atoms with van der Waals surface area (Å²) in [6.07, 6.45) is 21.8. The Morgan fingerprint density at radius 1 is 0.477 bits per heavy atom. The number of nitrogens with two attached hydrogens (primary N) is 3. The lowest BCUT2D eigenvalue weighted by Gasteiger charge is -2.29. The molecule has 0 atom stereocenters. The molecule has 566 valence electrons. The highest BCUT2D eigenvalue weighted by molar-refractivity contribution is 7.18. The summed E-state index contributed by atoms with van der Waals surface area (Å²) in [4.78, 5) is 84.1. The number of furan rings is 1. The van der Waals surface area contributed by atoms with Gasteiger partial charge in [0.05, 0.1) is 38.9 Å². The fraction of sp³-hybridized carbons (Fsp3) is 0.244. The van der Waals surface area contributed by atoms with Crippen LogP contribution < -0.4 is 63.4 Å². The molecule has 12 aromatic rings. The first kappa shape index (κ1) is 76.2. The molecule has 17 rings (SSSR count). The molecule has 1 aliphatic carbocycles. The van der Waals surface area contributed by atoms with Gasteiger partial charge in [-0.1, -0.05) is 77.3 Å². The first-order valence-electron chi connectivity index (χ1n) is 37.4. The molecule has 0 spiro atoms. The number of aromatic nitrogens is 5. The maximum Gasteiger partial charge on any atom is 0.267 e. The van der Waals surface area contributed by atoms with Crippen LogP contribution in [0.2, 0.25) is 0 Å². The number of ketones is 3. The van der Waals surface area contributed by atoms with Gasteiger partial charge < -0.3 is 67.8 Å². The van der Waals surface area contributed by atoms with E-state index in [0.29, 0.717) is 38.8 Å². The number of nitrogen functional groups attached to an aromatic ring is 3. The number of piperazine rings is 4. The molecule has 4 fully saturated rings. The van der Waals surface area contributed by atoms with Crippen molar-refractivity contribution in [1.82, 2.24) is 46.2 Å². The highest BCUT2D eigenvalue weighted by atomic mass is 32.1. The van der Waals surface area contributed by atoms with E-state index in [9.17, 15) is 19.2 Å². The van der Waals surface area contributed by atoms with Crippen molar-refractivity contribution < 1.29 is 23.6 Å². The van der Waals surface area contributed by atoms with Crippen molar-refractivity contribution in [1.29, 1.82) is 0 Å². The van der Waals surface area contributed by atoms with E-state index in [1.54, 1.807) is 61.0 Å². The summed E-state index contributed by atoms with van der Waals surface area (Å²) in [7, 11) is 0. The van der Waals surface area contributed by atoms with Gasteiger partial charge in [0, 0.05) is 200 Å². The zero-order valence-corrected chi connectivity index (χ0v) is 64.3. The van der Waals surface area contributed by atoms with Crippen molar-refractivity contribution in [3.8, 4) is 33.6 Å². The number of Topliss-reactive ketones (excluding diaryl/α,β-unsaturated/α-hetero) is 3. The number of fused-ring (bicyclic) bond motifs is 1. The predicted octanol–water partition coefficient (Wildman–Crippen LogP) is 13.2. The molecule has 1 amide bonds. The fourth-order valence-electron chi connectivity index (χ4n) is 13.6. The van der Waals surface area contributed by atoms with E-state index in [4.69, 9.17) is 21.6 Å². The summed E-state index contributed by atoms with van der Waals surface area (Å²) in [5.74, 6) is 0.832. The maximum absolute atomic E-state index is 13.1. The van der Waals surface area contributed by atoms with Gasteiger partial charge in [-0.3, -0.25) is 34.1 Å². The largest absolute Gasteiger partial charge is 0.464 e. The second-order valence-corrected chi connectivity index (χ2v) is 30.6. The highest BCUT2D eigenvalue weighted by Gasteiger charge is 2.23. The van der Waals surface area contributed by atoms with Crippen LogP contribution in [0.5, 0.6) is 0 Å². The number of thiazole rings is 2. The Morgan fingerprint density at radius 2 is 1.00 bits per heavy atom. The Hall–Kier alpha value is -11.6. The molecule has 25 heteroatoms. The molecule has 0 unspecified atom stereocenters. The molecule has 4 saturated heterocycles. The number of carbonyl (C=O) groups is 4. The van der Waals surface area contributed by atoms with E-state index in [1.807, 2.05) is 122 Å². The Balaban J connectivity index is 0.000000124. The number of amides is 1. The number of hydrogen-bond donors (Lipinski definition) is 8. The van der Waals surface area contributed by atoms with Crippen molar-refractivity contribution in [3.05, 3.63) is 261 Å². The number of carbonyl (C=O) groups excluding carboxylic acids is 4. The van der Waals surface area contributed by atoms with Crippen LogP contribution in [-0.4, -0.2) is 153 Å². The average Bonchev–Trinajstić information content (AvgIpc) is 0.960. The molecular formula is C86H89N17O5S3. The molecular weight excluding hydrogens is 1450 g/mol. The number of pyridine rings is 3. The van der Waals surface area contributed by atoms with Gasteiger partial charge in [0.15, 0.2) is 27.6 Å². The lowest BCUT2D eigenvalue weighted by Crippen LogP contribution is -2.43. The van der Waals surface area contributed by atoms with E-state index in [-0.39, 0.29) is 36.1 Å². The molecule has 5 aliphatic rings. The molecule has 5 aromatic carbocycles. The predicted molar refractivity (Wildman–Crippen MR) is 452 cm³/mol. The molecule has 11 N–H and O–H groups in total. The number of nitrogens with one attached hydrogen (secondary N) is 5. The summed E-state index contributed by atoms with van der Waals surface area (Å²) in [6, 6.07) is 47.3. The monoisotopic (exact) mass is 1540 g/mol. The summed E-state index contributed by atoms with van der Waals surface area (Å²) < 4.78 is 5.44. The minimum Gasteiger partial charge on any atom is -0.464 e. The second-order valence-electron chi connectivity index (χ2n) is 27.5. The topological polar surface area (TPSA) is 297 Å². The minimum atomic E-state index is -0.136. The van der Waals surface area contributed by atoms with E-state index < -0.39 is 0 Å². The zero-order valence-electron chi connectivity index (χ0n) is 61.9. The van der Waals surface area contributed by atoms with Crippen LogP contribution in [0.4, 0.5) is 43.7 Å². The van der Waals surface area contributed by atoms with Crippen LogP contribution in [0, 0.1) is 6.92 Å². The van der Waals surface area contributed by atoms with Gasteiger partial charge >= 0.3 is 0 Å². The number of thiophene rings is 1. The first-order chi connectivity index (χ1) is 54.3.